The minimum Gasteiger partial charge on any atom is -0.520 e. The molecule has 0 bridgehead atoms. The monoisotopic (exact) mass is 320 g/mol. The van der Waals surface area contributed by atoms with Gasteiger partial charge in [-0.15, -0.1) is 0 Å². The summed E-state index contributed by atoms with van der Waals surface area (Å²) in [4.78, 5) is 11.8. The van der Waals surface area contributed by atoms with Crippen molar-refractivity contribution in [3.63, 3.8) is 0 Å². The Bertz CT molecular complexity index is 327. The van der Waals surface area contributed by atoms with Crippen molar-refractivity contribution in [2.24, 2.45) is 0 Å². The van der Waals surface area contributed by atoms with Crippen molar-refractivity contribution in [2.75, 3.05) is 0 Å². The summed E-state index contributed by atoms with van der Waals surface area (Å²) < 4.78 is 17.0. The summed E-state index contributed by atoms with van der Waals surface area (Å²) in [5, 5.41) is 0. The van der Waals surface area contributed by atoms with Gasteiger partial charge < -0.3 is 13.3 Å². The van der Waals surface area contributed by atoms with E-state index in [1.54, 1.807) is 0 Å². The standard InChI is InChI=1S/C12H28O4Si3/c1-17(2,3)14-11(13)10-12(15-18(4,5)6)16-19(7,8)9/h10H,1-9H3. The Morgan fingerprint density at radius 3 is 1.26 bits per heavy atom. The van der Waals surface area contributed by atoms with Gasteiger partial charge in [-0.3, -0.25) is 0 Å². The Morgan fingerprint density at radius 1 is 0.684 bits per heavy atom. The molecule has 19 heavy (non-hydrogen) atoms. The summed E-state index contributed by atoms with van der Waals surface area (Å²) in [5.74, 6) is -0.0488. The van der Waals surface area contributed by atoms with E-state index in [0.717, 1.165) is 0 Å². The number of carbonyl (C=O) groups is 1. The van der Waals surface area contributed by atoms with Crippen LogP contribution in [0.5, 0.6) is 0 Å². The predicted molar refractivity (Wildman–Crippen MR) is 86.4 cm³/mol. The van der Waals surface area contributed by atoms with Gasteiger partial charge in [0.25, 0.3) is 5.95 Å². The van der Waals surface area contributed by atoms with Gasteiger partial charge >= 0.3 is 5.97 Å². The summed E-state index contributed by atoms with van der Waals surface area (Å²) in [6.07, 6.45) is 1.36. The van der Waals surface area contributed by atoms with Gasteiger partial charge in [0.1, 0.15) is 0 Å². The molecular formula is C12H28O4Si3. The van der Waals surface area contributed by atoms with E-state index in [4.69, 9.17) is 13.3 Å². The van der Waals surface area contributed by atoms with Crippen LogP contribution in [0.15, 0.2) is 12.0 Å². The van der Waals surface area contributed by atoms with Crippen LogP contribution in [0, 0.1) is 0 Å². The summed E-state index contributed by atoms with van der Waals surface area (Å²) in [6.45, 7) is 18.2. The van der Waals surface area contributed by atoms with Crippen LogP contribution in [-0.2, 0) is 18.1 Å². The zero-order chi connectivity index (χ0) is 15.5. The van der Waals surface area contributed by atoms with Gasteiger partial charge in [-0.05, 0) is 58.9 Å². The Labute approximate surface area is 120 Å². The third-order valence-corrected chi connectivity index (χ3v) is 3.90. The molecule has 0 spiro atoms. The molecule has 7 heteroatoms. The third-order valence-electron chi connectivity index (χ3n) is 1.46. The number of rotatable bonds is 6. The predicted octanol–water partition coefficient (Wildman–Crippen LogP) is 3.91. The van der Waals surface area contributed by atoms with Crippen LogP contribution in [0.1, 0.15) is 0 Å². The summed E-state index contributed by atoms with van der Waals surface area (Å²) in [7, 11) is -5.51. The van der Waals surface area contributed by atoms with Crippen molar-refractivity contribution in [2.45, 2.75) is 58.9 Å². The molecule has 0 radical (unpaired) electrons. The Morgan fingerprint density at radius 2 is 1.00 bits per heavy atom. The Balaban J connectivity index is 4.97. The largest absolute Gasteiger partial charge is 0.520 e. The van der Waals surface area contributed by atoms with Gasteiger partial charge in [-0.1, -0.05) is 0 Å². The van der Waals surface area contributed by atoms with E-state index in [1.165, 1.54) is 6.08 Å². The Hall–Kier alpha value is -0.539. The molecule has 4 nitrogen and oxygen atoms in total. The molecule has 112 valence electrons. The van der Waals surface area contributed by atoms with Crippen molar-refractivity contribution < 1.29 is 18.1 Å². The molecule has 0 amide bonds. The quantitative estimate of drug-likeness (QED) is 0.423. The maximum absolute atomic E-state index is 11.8. The minimum atomic E-state index is -1.89. The lowest BCUT2D eigenvalue weighted by Gasteiger charge is -2.27. The molecule has 0 rings (SSSR count). The molecule has 0 aromatic heterocycles. The van der Waals surface area contributed by atoms with Gasteiger partial charge in [0.05, 0.1) is 6.08 Å². The molecule has 0 aromatic carbocycles. The second kappa shape index (κ2) is 6.27. The average Bonchev–Trinajstić information content (AvgIpc) is 1.90. The first-order chi connectivity index (χ1) is 8.18. The summed E-state index contributed by atoms with van der Waals surface area (Å²) in [5.41, 5.74) is 0. The normalized spacial score (nSPS) is 12.7. The molecule has 0 atom stereocenters. The third kappa shape index (κ3) is 12.2. The molecule has 0 aliphatic carbocycles. The first kappa shape index (κ1) is 18.5. The highest BCUT2D eigenvalue weighted by Crippen LogP contribution is 2.17. The van der Waals surface area contributed by atoms with E-state index in [1.807, 2.05) is 19.6 Å². The highest BCUT2D eigenvalue weighted by atomic mass is 28.4. The first-order valence-electron chi connectivity index (χ1n) is 6.51. The van der Waals surface area contributed by atoms with E-state index in [2.05, 4.69) is 39.3 Å². The van der Waals surface area contributed by atoms with E-state index in [9.17, 15) is 4.79 Å². The second-order valence-electron chi connectivity index (χ2n) is 7.43. The fourth-order valence-electron chi connectivity index (χ4n) is 1.11. The second-order valence-corrected chi connectivity index (χ2v) is 20.7. The van der Waals surface area contributed by atoms with Crippen molar-refractivity contribution in [3.8, 4) is 0 Å². The maximum Gasteiger partial charge on any atom is 0.324 e. The highest BCUT2D eigenvalue weighted by Gasteiger charge is 2.26. The molecule has 0 fully saturated rings. The molecular weight excluding hydrogens is 292 g/mol. The van der Waals surface area contributed by atoms with Crippen LogP contribution < -0.4 is 0 Å². The molecule has 0 saturated carbocycles. The van der Waals surface area contributed by atoms with Gasteiger partial charge in [-0.2, -0.15) is 0 Å². The SMILES string of the molecule is C[Si](C)(C)OC(=O)C=C(O[Si](C)(C)C)O[Si](C)(C)C. The van der Waals surface area contributed by atoms with Gasteiger partial charge in [0, 0.05) is 0 Å². The molecule has 0 heterocycles. The van der Waals surface area contributed by atoms with Gasteiger partial charge in [0.2, 0.25) is 25.0 Å². The fraction of sp³-hybridized carbons (Fsp3) is 0.750. The van der Waals surface area contributed by atoms with Crippen molar-refractivity contribution >= 4 is 30.9 Å². The Kier molecular flexibility index (Phi) is 6.10. The van der Waals surface area contributed by atoms with Crippen molar-refractivity contribution in [1.29, 1.82) is 0 Å². The number of hydrogen-bond donors (Lipinski definition) is 0. The molecule has 0 aliphatic heterocycles. The van der Waals surface area contributed by atoms with E-state index < -0.39 is 25.0 Å². The summed E-state index contributed by atoms with van der Waals surface area (Å²) in [6, 6.07) is 0. The van der Waals surface area contributed by atoms with E-state index in [0.29, 0.717) is 5.95 Å². The first-order valence-corrected chi connectivity index (χ1v) is 16.7. The minimum absolute atomic E-state index is 0.321. The van der Waals surface area contributed by atoms with E-state index in [-0.39, 0.29) is 5.97 Å². The smallest absolute Gasteiger partial charge is 0.324 e. The molecule has 0 saturated heterocycles. The lowest BCUT2D eigenvalue weighted by atomic mass is 10.6. The van der Waals surface area contributed by atoms with Crippen LogP contribution in [0.2, 0.25) is 58.9 Å². The van der Waals surface area contributed by atoms with Crippen LogP contribution in [-0.4, -0.2) is 30.9 Å². The van der Waals surface area contributed by atoms with Crippen molar-refractivity contribution in [1.82, 2.24) is 0 Å². The zero-order valence-electron chi connectivity index (χ0n) is 13.7. The molecule has 0 aromatic rings. The lowest BCUT2D eigenvalue weighted by Crippen LogP contribution is -2.33. The zero-order valence-corrected chi connectivity index (χ0v) is 16.7. The maximum atomic E-state index is 11.8. The molecule has 0 N–H and O–H groups in total. The summed E-state index contributed by atoms with van der Waals surface area (Å²) >= 11 is 0. The van der Waals surface area contributed by atoms with Crippen LogP contribution >= 0.6 is 0 Å². The highest BCUT2D eigenvalue weighted by molar-refractivity contribution is 6.72. The molecule has 0 unspecified atom stereocenters. The van der Waals surface area contributed by atoms with Crippen LogP contribution in [0.25, 0.3) is 0 Å². The van der Waals surface area contributed by atoms with Gasteiger partial charge in [-0.25, -0.2) is 4.79 Å². The number of carbonyl (C=O) groups excluding carboxylic acids is 1. The van der Waals surface area contributed by atoms with Gasteiger partial charge in [0.15, 0.2) is 0 Å². The topological polar surface area (TPSA) is 44.8 Å². The van der Waals surface area contributed by atoms with Crippen LogP contribution in [0.3, 0.4) is 0 Å². The lowest BCUT2D eigenvalue weighted by molar-refractivity contribution is -0.130. The van der Waals surface area contributed by atoms with Crippen molar-refractivity contribution in [3.05, 3.63) is 12.0 Å². The van der Waals surface area contributed by atoms with E-state index >= 15 is 0 Å². The number of hydrogen-bond acceptors (Lipinski definition) is 4. The average molecular weight is 321 g/mol. The van der Waals surface area contributed by atoms with Crippen LogP contribution in [0.4, 0.5) is 0 Å². The fourth-order valence-corrected chi connectivity index (χ4v) is 3.26. The molecule has 0 aliphatic rings.